The Morgan fingerprint density at radius 1 is 0.540 bits per heavy atom. The summed E-state index contributed by atoms with van der Waals surface area (Å²) in [5.41, 5.74) is 7.84. The first kappa shape index (κ1) is 32.2. The van der Waals surface area contributed by atoms with E-state index in [1.54, 1.807) is 48.8 Å². The Hall–Kier alpha value is -6.36. The minimum Gasteiger partial charge on any atom is -0.458 e. The van der Waals surface area contributed by atoms with Gasteiger partial charge in [-0.25, -0.2) is 10.9 Å². The van der Waals surface area contributed by atoms with Crippen molar-refractivity contribution in [2.24, 2.45) is 10.2 Å². The second-order valence-corrected chi connectivity index (χ2v) is 11.3. The standard InChI is InChI=1S/C40H32N4O6/c45-37(35-13-5-9-29-7-1-3-11-33(29)35)43-41-25-27-15-19-31(20-16-27)49-39-40(48-24-23-47-39)50-32-21-17-28(18-22-32)26-42-44-38(46)36-14-6-10-30-8-2-4-12-34(30)36/h1-22,25-26,39-40H,23-24H2,(H,43,45)(H,44,46)/b41-25-,42-26-/t39-,40-/m0/s1. The van der Waals surface area contributed by atoms with Gasteiger partial charge in [0.15, 0.2) is 0 Å². The van der Waals surface area contributed by atoms with Gasteiger partial charge in [0.25, 0.3) is 24.4 Å². The number of benzene rings is 6. The Balaban J connectivity index is 0.911. The van der Waals surface area contributed by atoms with Gasteiger partial charge < -0.3 is 18.9 Å². The van der Waals surface area contributed by atoms with E-state index in [9.17, 15) is 9.59 Å². The van der Waals surface area contributed by atoms with Crippen molar-refractivity contribution in [2.75, 3.05) is 13.2 Å². The molecule has 0 radical (unpaired) electrons. The van der Waals surface area contributed by atoms with E-state index < -0.39 is 12.6 Å². The van der Waals surface area contributed by atoms with Crippen molar-refractivity contribution in [3.8, 4) is 11.5 Å². The number of carbonyl (C=O) groups is 2. The molecule has 10 nitrogen and oxygen atoms in total. The van der Waals surface area contributed by atoms with Crippen LogP contribution in [0.5, 0.6) is 11.5 Å². The summed E-state index contributed by atoms with van der Waals surface area (Å²) in [5.74, 6) is 0.510. The SMILES string of the molecule is O=C(N/N=C\c1ccc(O[C@@H]2OCCO[C@H]2Oc2ccc(/C=N\NC(=O)c3cccc4ccccc34)cc2)cc1)c1cccc2ccccc12. The lowest BCUT2D eigenvalue weighted by Crippen LogP contribution is -2.45. The molecule has 0 unspecified atom stereocenters. The zero-order valence-corrected chi connectivity index (χ0v) is 26.8. The van der Waals surface area contributed by atoms with E-state index in [0.29, 0.717) is 35.8 Å². The fourth-order valence-electron chi connectivity index (χ4n) is 5.50. The predicted octanol–water partition coefficient (Wildman–Crippen LogP) is 6.68. The highest BCUT2D eigenvalue weighted by molar-refractivity contribution is 6.08. The summed E-state index contributed by atoms with van der Waals surface area (Å²) in [6, 6.07) is 40.9. The first-order valence-electron chi connectivity index (χ1n) is 16.0. The number of nitrogens with zero attached hydrogens (tertiary/aromatic N) is 2. The van der Waals surface area contributed by atoms with Crippen LogP contribution in [0.1, 0.15) is 31.8 Å². The van der Waals surface area contributed by atoms with Crippen LogP contribution in [0.25, 0.3) is 21.5 Å². The van der Waals surface area contributed by atoms with Crippen LogP contribution >= 0.6 is 0 Å². The molecule has 0 saturated carbocycles. The van der Waals surface area contributed by atoms with Crippen LogP contribution in [0.15, 0.2) is 144 Å². The summed E-state index contributed by atoms with van der Waals surface area (Å²) >= 11 is 0. The molecule has 2 N–H and O–H groups in total. The van der Waals surface area contributed by atoms with Crippen LogP contribution < -0.4 is 20.3 Å². The van der Waals surface area contributed by atoms with Crippen LogP contribution in [0.4, 0.5) is 0 Å². The lowest BCUT2D eigenvalue weighted by atomic mass is 10.0. The average molecular weight is 665 g/mol. The highest BCUT2D eigenvalue weighted by Gasteiger charge is 2.31. The molecular formula is C40H32N4O6. The van der Waals surface area contributed by atoms with E-state index >= 15 is 0 Å². The number of fused-ring (bicyclic) bond motifs is 2. The molecule has 1 fully saturated rings. The molecule has 0 bridgehead atoms. The van der Waals surface area contributed by atoms with E-state index in [1.807, 2.05) is 97.1 Å². The third-order valence-corrected chi connectivity index (χ3v) is 7.96. The number of ether oxygens (including phenoxy) is 4. The maximum absolute atomic E-state index is 12.7. The van der Waals surface area contributed by atoms with Gasteiger partial charge in [0.1, 0.15) is 11.5 Å². The van der Waals surface area contributed by atoms with Gasteiger partial charge in [-0.05, 0) is 93.3 Å². The average Bonchev–Trinajstić information content (AvgIpc) is 3.16. The Bertz CT molecular complexity index is 2020. The number of hydrogen-bond acceptors (Lipinski definition) is 8. The molecule has 248 valence electrons. The van der Waals surface area contributed by atoms with Crippen LogP contribution in [0.3, 0.4) is 0 Å². The smallest absolute Gasteiger partial charge is 0.271 e. The Kier molecular flexibility index (Phi) is 9.82. The fourth-order valence-corrected chi connectivity index (χ4v) is 5.50. The van der Waals surface area contributed by atoms with Crippen molar-refractivity contribution in [3.05, 3.63) is 156 Å². The van der Waals surface area contributed by atoms with Gasteiger partial charge in [0.05, 0.1) is 25.6 Å². The molecular weight excluding hydrogens is 632 g/mol. The molecule has 7 rings (SSSR count). The molecule has 0 aromatic heterocycles. The van der Waals surface area contributed by atoms with Gasteiger partial charge in [-0.2, -0.15) is 10.2 Å². The summed E-state index contributed by atoms with van der Waals surface area (Å²) in [6.45, 7) is 0.705. The third-order valence-electron chi connectivity index (χ3n) is 7.96. The predicted molar refractivity (Wildman–Crippen MR) is 192 cm³/mol. The quantitative estimate of drug-likeness (QED) is 0.125. The maximum Gasteiger partial charge on any atom is 0.271 e. The molecule has 1 heterocycles. The van der Waals surface area contributed by atoms with Crippen molar-refractivity contribution in [3.63, 3.8) is 0 Å². The van der Waals surface area contributed by atoms with Gasteiger partial charge in [-0.15, -0.1) is 0 Å². The van der Waals surface area contributed by atoms with Gasteiger partial charge >= 0.3 is 0 Å². The minimum atomic E-state index is -0.811. The van der Waals surface area contributed by atoms with Crippen LogP contribution in [0.2, 0.25) is 0 Å². The number of carbonyl (C=O) groups excluding carboxylic acids is 2. The van der Waals surface area contributed by atoms with Crippen molar-refractivity contribution in [1.29, 1.82) is 0 Å². The summed E-state index contributed by atoms with van der Waals surface area (Å²) in [5, 5.41) is 11.9. The van der Waals surface area contributed by atoms with Crippen LogP contribution in [0, 0.1) is 0 Å². The first-order valence-corrected chi connectivity index (χ1v) is 16.0. The summed E-state index contributed by atoms with van der Waals surface area (Å²) in [4.78, 5) is 25.5. The molecule has 10 heteroatoms. The lowest BCUT2D eigenvalue weighted by Gasteiger charge is -2.31. The van der Waals surface area contributed by atoms with Crippen molar-refractivity contribution in [1.82, 2.24) is 10.9 Å². The molecule has 50 heavy (non-hydrogen) atoms. The number of rotatable bonds is 10. The highest BCUT2D eigenvalue weighted by Crippen LogP contribution is 2.23. The second-order valence-electron chi connectivity index (χ2n) is 11.3. The van der Waals surface area contributed by atoms with Crippen LogP contribution in [-0.2, 0) is 9.47 Å². The van der Waals surface area contributed by atoms with Gasteiger partial charge in [-0.1, -0.05) is 72.8 Å². The van der Waals surface area contributed by atoms with Gasteiger partial charge in [0.2, 0.25) is 0 Å². The zero-order valence-electron chi connectivity index (χ0n) is 26.8. The zero-order chi connectivity index (χ0) is 34.1. The van der Waals surface area contributed by atoms with Crippen molar-refractivity contribution in [2.45, 2.75) is 12.6 Å². The molecule has 6 aromatic rings. The fraction of sp³-hybridized carbons (Fsp3) is 0.100. The third kappa shape index (κ3) is 7.68. The largest absolute Gasteiger partial charge is 0.458 e. The maximum atomic E-state index is 12.7. The summed E-state index contributed by atoms with van der Waals surface area (Å²) in [7, 11) is 0. The highest BCUT2D eigenvalue weighted by atomic mass is 16.8. The molecule has 1 aliphatic rings. The number of amides is 2. The van der Waals surface area contributed by atoms with E-state index in [2.05, 4.69) is 21.1 Å². The molecule has 6 aromatic carbocycles. The Labute approximate surface area is 287 Å². The van der Waals surface area contributed by atoms with E-state index in [-0.39, 0.29) is 11.8 Å². The first-order chi connectivity index (χ1) is 24.6. The number of hydrogen-bond donors (Lipinski definition) is 2. The van der Waals surface area contributed by atoms with E-state index in [4.69, 9.17) is 18.9 Å². The summed E-state index contributed by atoms with van der Waals surface area (Å²) in [6.07, 6.45) is 1.50. The lowest BCUT2D eigenvalue weighted by molar-refractivity contribution is -0.271. The topological polar surface area (TPSA) is 120 Å². The molecule has 1 aliphatic heterocycles. The Morgan fingerprint density at radius 3 is 1.38 bits per heavy atom. The molecule has 1 saturated heterocycles. The second kappa shape index (κ2) is 15.2. The van der Waals surface area contributed by atoms with Gasteiger partial charge in [0, 0.05) is 11.1 Å². The van der Waals surface area contributed by atoms with E-state index in [1.165, 1.54) is 0 Å². The molecule has 2 atom stereocenters. The summed E-state index contributed by atoms with van der Waals surface area (Å²) < 4.78 is 23.7. The normalized spacial score (nSPS) is 16.1. The molecule has 2 amide bonds. The van der Waals surface area contributed by atoms with Crippen LogP contribution in [-0.4, -0.2) is 50.0 Å². The van der Waals surface area contributed by atoms with E-state index in [0.717, 1.165) is 32.7 Å². The Morgan fingerprint density at radius 2 is 0.940 bits per heavy atom. The minimum absolute atomic E-state index is 0.289. The number of hydrazone groups is 2. The van der Waals surface area contributed by atoms with Crippen molar-refractivity contribution >= 4 is 45.8 Å². The van der Waals surface area contributed by atoms with Crippen molar-refractivity contribution < 1.29 is 28.5 Å². The molecule has 0 spiro atoms. The molecule has 0 aliphatic carbocycles. The van der Waals surface area contributed by atoms with Gasteiger partial charge in [-0.3, -0.25) is 9.59 Å². The number of nitrogens with one attached hydrogen (secondary N) is 2. The monoisotopic (exact) mass is 664 g/mol.